The quantitative estimate of drug-likeness (QED) is 0.410. The highest BCUT2D eigenvalue weighted by Crippen LogP contribution is 2.39. The lowest BCUT2D eigenvalue weighted by molar-refractivity contribution is 0.603. The molecule has 1 aliphatic rings. The van der Waals surface area contributed by atoms with E-state index in [0.717, 1.165) is 11.1 Å². The first-order chi connectivity index (χ1) is 16.1. The summed E-state index contributed by atoms with van der Waals surface area (Å²) in [7, 11) is 0. The van der Waals surface area contributed by atoms with E-state index in [4.69, 9.17) is 4.98 Å². The summed E-state index contributed by atoms with van der Waals surface area (Å²) in [4.78, 5) is 23.1. The van der Waals surface area contributed by atoms with Gasteiger partial charge in [-0.3, -0.25) is 9.36 Å². The zero-order chi connectivity index (χ0) is 22.5. The molecular weight excluding hydrogens is 414 g/mol. The lowest BCUT2D eigenvalue weighted by atomic mass is 10.1. The van der Waals surface area contributed by atoms with Crippen LogP contribution in [0.1, 0.15) is 44.3 Å². The van der Waals surface area contributed by atoms with Crippen LogP contribution in [-0.4, -0.2) is 33.9 Å². The van der Waals surface area contributed by atoms with E-state index < -0.39 is 0 Å². The molecule has 6 rings (SSSR count). The van der Waals surface area contributed by atoms with E-state index in [9.17, 15) is 4.79 Å². The summed E-state index contributed by atoms with van der Waals surface area (Å²) in [6.07, 6.45) is 7.85. The molecule has 4 aromatic heterocycles. The molecule has 0 N–H and O–H groups in total. The maximum absolute atomic E-state index is 13.7. The number of nitrogens with zero attached hydrogens (tertiary/aromatic N) is 7. The Morgan fingerprint density at radius 1 is 1.03 bits per heavy atom. The lowest BCUT2D eigenvalue weighted by Gasteiger charge is -2.15. The van der Waals surface area contributed by atoms with Crippen LogP contribution in [0.2, 0.25) is 0 Å². The largest absolute Gasteiger partial charge is 0.310 e. The van der Waals surface area contributed by atoms with E-state index in [-0.39, 0.29) is 11.6 Å². The van der Waals surface area contributed by atoms with Gasteiger partial charge in [0.05, 0.1) is 5.69 Å². The van der Waals surface area contributed by atoms with Crippen LogP contribution in [-0.2, 0) is 0 Å². The van der Waals surface area contributed by atoms with Crippen molar-refractivity contribution in [1.82, 2.24) is 33.9 Å². The third-order valence-electron chi connectivity index (χ3n) is 6.09. The van der Waals surface area contributed by atoms with Gasteiger partial charge in [0.1, 0.15) is 30.0 Å². The van der Waals surface area contributed by atoms with Gasteiger partial charge in [0.25, 0.3) is 5.56 Å². The Bertz CT molecular complexity index is 1540. The van der Waals surface area contributed by atoms with Crippen LogP contribution in [0, 0.1) is 0 Å². The maximum Gasteiger partial charge on any atom is 0.265 e. The zero-order valence-electron chi connectivity index (χ0n) is 18.5. The summed E-state index contributed by atoms with van der Waals surface area (Å²) in [5.74, 6) is 2.42. The minimum Gasteiger partial charge on any atom is -0.310 e. The molecule has 1 aromatic carbocycles. The molecule has 8 heteroatoms. The van der Waals surface area contributed by atoms with Gasteiger partial charge in [-0.25, -0.2) is 14.5 Å². The minimum absolute atomic E-state index is 0.125. The molecule has 0 radical (unpaired) electrons. The van der Waals surface area contributed by atoms with Gasteiger partial charge in [-0.2, -0.15) is 0 Å². The second kappa shape index (κ2) is 7.51. The van der Waals surface area contributed by atoms with E-state index in [1.165, 1.54) is 12.8 Å². The lowest BCUT2D eigenvalue weighted by Crippen LogP contribution is -2.23. The minimum atomic E-state index is -0.125. The van der Waals surface area contributed by atoms with Crippen LogP contribution in [0.15, 0.2) is 72.2 Å². The first kappa shape index (κ1) is 19.6. The molecule has 0 atom stereocenters. The van der Waals surface area contributed by atoms with Crippen molar-refractivity contribution >= 4 is 10.8 Å². The predicted molar refractivity (Wildman–Crippen MR) is 126 cm³/mol. The summed E-state index contributed by atoms with van der Waals surface area (Å²) in [6, 6.07) is 15.5. The van der Waals surface area contributed by atoms with Gasteiger partial charge in [0.2, 0.25) is 0 Å². The second-order valence-electron chi connectivity index (χ2n) is 8.75. The molecule has 1 aliphatic carbocycles. The molecule has 0 amide bonds. The summed E-state index contributed by atoms with van der Waals surface area (Å²) in [5, 5.41) is 9.86. The smallest absolute Gasteiger partial charge is 0.265 e. The topological polar surface area (TPSA) is 83.4 Å². The van der Waals surface area contributed by atoms with Crippen molar-refractivity contribution < 1.29 is 0 Å². The Morgan fingerprint density at radius 3 is 2.70 bits per heavy atom. The number of imidazole rings is 1. The fourth-order valence-electron chi connectivity index (χ4n) is 4.19. The molecule has 0 spiro atoms. The third-order valence-corrected chi connectivity index (χ3v) is 6.09. The highest BCUT2D eigenvalue weighted by molar-refractivity contribution is 5.83. The highest BCUT2D eigenvalue weighted by Gasteiger charge is 2.26. The third kappa shape index (κ3) is 3.34. The van der Waals surface area contributed by atoms with E-state index >= 15 is 0 Å². The van der Waals surface area contributed by atoms with Crippen LogP contribution in [0.3, 0.4) is 0 Å². The maximum atomic E-state index is 13.7. The Hall–Kier alpha value is -4.07. The highest BCUT2D eigenvalue weighted by atomic mass is 16.1. The fourth-order valence-corrected chi connectivity index (χ4v) is 4.19. The van der Waals surface area contributed by atoms with E-state index in [0.29, 0.717) is 34.5 Å². The zero-order valence-corrected chi connectivity index (χ0v) is 18.5. The van der Waals surface area contributed by atoms with Crippen LogP contribution in [0.25, 0.3) is 33.9 Å². The Balaban J connectivity index is 1.58. The molecule has 8 nitrogen and oxygen atoms in total. The first-order valence-electron chi connectivity index (χ1n) is 11.2. The summed E-state index contributed by atoms with van der Waals surface area (Å²) >= 11 is 0. The summed E-state index contributed by atoms with van der Waals surface area (Å²) in [5.41, 5.74) is 1.60. The molecule has 0 saturated heterocycles. The van der Waals surface area contributed by atoms with Gasteiger partial charge >= 0.3 is 0 Å². The Kier molecular flexibility index (Phi) is 4.46. The van der Waals surface area contributed by atoms with E-state index in [1.54, 1.807) is 17.2 Å². The number of fused-ring (bicyclic) bond motifs is 1. The predicted octanol–water partition coefficient (Wildman–Crippen LogP) is 4.29. The molecule has 0 unspecified atom stereocenters. The van der Waals surface area contributed by atoms with Crippen molar-refractivity contribution in [3.05, 3.63) is 83.4 Å². The molecule has 0 aliphatic heterocycles. The SMILES string of the molecule is CC(C)n1cnnc1-c1cccc(-n2c(-n3cnc(C4CC4)c3)cc3ccccc3c2=O)n1. The van der Waals surface area contributed by atoms with Crippen molar-refractivity contribution in [2.45, 2.75) is 38.6 Å². The van der Waals surface area contributed by atoms with Crippen molar-refractivity contribution in [3.63, 3.8) is 0 Å². The van der Waals surface area contributed by atoms with Crippen LogP contribution < -0.4 is 5.56 Å². The standard InChI is InChI=1S/C25H23N7O/c1-16(2)31-15-27-29-24(31)20-8-5-9-22(28-20)32-23(30-13-21(26-14-30)17-10-11-17)12-18-6-3-4-7-19(18)25(32)33/h3-9,12-17H,10-11H2,1-2H3. The normalized spacial score (nSPS) is 13.8. The Labute approximate surface area is 190 Å². The van der Waals surface area contributed by atoms with Gasteiger partial charge in [-0.1, -0.05) is 24.3 Å². The van der Waals surface area contributed by atoms with Crippen LogP contribution in [0.5, 0.6) is 0 Å². The fraction of sp³-hybridized carbons (Fsp3) is 0.240. The van der Waals surface area contributed by atoms with Crippen molar-refractivity contribution in [1.29, 1.82) is 0 Å². The number of rotatable bonds is 5. The number of hydrogen-bond acceptors (Lipinski definition) is 5. The molecule has 1 saturated carbocycles. The molecule has 0 bridgehead atoms. The van der Waals surface area contributed by atoms with Gasteiger partial charge in [-0.15, -0.1) is 10.2 Å². The second-order valence-corrected chi connectivity index (χ2v) is 8.75. The van der Waals surface area contributed by atoms with Gasteiger partial charge < -0.3 is 4.57 Å². The monoisotopic (exact) mass is 437 g/mol. The number of benzene rings is 1. The van der Waals surface area contributed by atoms with Gasteiger partial charge in [-0.05, 0) is 56.3 Å². The first-order valence-corrected chi connectivity index (χ1v) is 11.2. The summed E-state index contributed by atoms with van der Waals surface area (Å²) < 4.78 is 5.54. The Morgan fingerprint density at radius 2 is 1.88 bits per heavy atom. The van der Waals surface area contributed by atoms with Crippen LogP contribution in [0.4, 0.5) is 0 Å². The summed E-state index contributed by atoms with van der Waals surface area (Å²) in [6.45, 7) is 4.14. The van der Waals surface area contributed by atoms with Gasteiger partial charge in [0, 0.05) is 23.5 Å². The average Bonchev–Trinajstić information content (AvgIpc) is 3.34. The average molecular weight is 438 g/mol. The van der Waals surface area contributed by atoms with Crippen molar-refractivity contribution in [2.24, 2.45) is 0 Å². The van der Waals surface area contributed by atoms with E-state index in [2.05, 4.69) is 29.0 Å². The number of aromatic nitrogens is 7. The molecule has 5 aromatic rings. The van der Waals surface area contributed by atoms with Crippen LogP contribution >= 0.6 is 0 Å². The number of hydrogen-bond donors (Lipinski definition) is 0. The molecule has 1 fully saturated rings. The van der Waals surface area contributed by atoms with Crippen molar-refractivity contribution in [2.75, 3.05) is 0 Å². The number of pyridine rings is 2. The molecule has 33 heavy (non-hydrogen) atoms. The molecular formula is C25H23N7O. The molecule has 164 valence electrons. The van der Waals surface area contributed by atoms with Gasteiger partial charge in [0.15, 0.2) is 5.82 Å². The van der Waals surface area contributed by atoms with Crippen molar-refractivity contribution in [3.8, 4) is 23.2 Å². The van der Waals surface area contributed by atoms with E-state index in [1.807, 2.05) is 63.9 Å². The molecule has 4 heterocycles.